The SMILES string of the molecule is Cc1cc(C(=[NH2+])C2=C(N)C(C)(C)C(C)(C)C2C)ncn1. The molecule has 0 radical (unpaired) electrons. The van der Waals surface area contributed by atoms with Crippen molar-refractivity contribution in [3.63, 3.8) is 0 Å². The van der Waals surface area contributed by atoms with E-state index >= 15 is 0 Å². The van der Waals surface area contributed by atoms with Gasteiger partial charge in [0.2, 0.25) is 5.71 Å². The van der Waals surface area contributed by atoms with E-state index in [1.54, 1.807) is 6.33 Å². The molecule has 0 aromatic carbocycles. The Morgan fingerprint density at radius 3 is 2.30 bits per heavy atom. The first-order chi connectivity index (χ1) is 9.10. The third kappa shape index (κ3) is 1.86. The number of hydrogen-bond acceptors (Lipinski definition) is 3. The molecule has 2 rings (SSSR count). The van der Waals surface area contributed by atoms with E-state index in [4.69, 9.17) is 11.1 Å². The Labute approximate surface area is 121 Å². The Morgan fingerprint density at radius 1 is 1.25 bits per heavy atom. The number of hydrogen-bond donors (Lipinski definition) is 2. The summed E-state index contributed by atoms with van der Waals surface area (Å²) in [6, 6.07) is 1.90. The van der Waals surface area contributed by atoms with Gasteiger partial charge in [0.1, 0.15) is 12.0 Å². The van der Waals surface area contributed by atoms with E-state index in [2.05, 4.69) is 44.6 Å². The van der Waals surface area contributed by atoms with E-state index in [1.165, 1.54) is 0 Å². The fourth-order valence-electron chi connectivity index (χ4n) is 2.94. The van der Waals surface area contributed by atoms with Gasteiger partial charge in [0, 0.05) is 22.4 Å². The summed E-state index contributed by atoms with van der Waals surface area (Å²) in [4.78, 5) is 8.40. The summed E-state index contributed by atoms with van der Waals surface area (Å²) < 4.78 is 0. The third-order valence-corrected chi connectivity index (χ3v) is 5.46. The zero-order valence-corrected chi connectivity index (χ0v) is 13.3. The molecular weight excluding hydrogens is 248 g/mol. The Kier molecular flexibility index (Phi) is 3.23. The van der Waals surface area contributed by atoms with Crippen molar-refractivity contribution in [2.75, 3.05) is 0 Å². The molecule has 1 aliphatic carbocycles. The normalized spacial score (nSPS) is 24.0. The summed E-state index contributed by atoms with van der Waals surface area (Å²) >= 11 is 0. The van der Waals surface area contributed by atoms with Gasteiger partial charge in [0.05, 0.1) is 0 Å². The minimum Gasteiger partial charge on any atom is -0.401 e. The maximum absolute atomic E-state index is 6.43. The monoisotopic (exact) mass is 273 g/mol. The number of nitrogens with two attached hydrogens (primary N) is 2. The van der Waals surface area contributed by atoms with Crippen LogP contribution in [-0.4, -0.2) is 15.7 Å². The molecule has 0 fully saturated rings. The van der Waals surface area contributed by atoms with Crippen molar-refractivity contribution in [2.45, 2.75) is 41.5 Å². The van der Waals surface area contributed by atoms with E-state index in [0.29, 0.717) is 5.71 Å². The number of aryl methyl sites for hydroxylation is 1. The summed E-state index contributed by atoms with van der Waals surface area (Å²) in [6.07, 6.45) is 1.55. The number of allylic oxidation sites excluding steroid dienone is 2. The van der Waals surface area contributed by atoms with Crippen molar-refractivity contribution in [3.05, 3.63) is 35.1 Å². The van der Waals surface area contributed by atoms with Crippen molar-refractivity contribution in [1.82, 2.24) is 9.97 Å². The maximum atomic E-state index is 6.43. The first-order valence-corrected chi connectivity index (χ1v) is 7.02. The molecule has 0 amide bonds. The second-order valence-electron chi connectivity index (χ2n) is 6.85. The van der Waals surface area contributed by atoms with Crippen LogP contribution in [0.3, 0.4) is 0 Å². The summed E-state index contributed by atoms with van der Waals surface area (Å²) in [7, 11) is 0. The van der Waals surface area contributed by atoms with Crippen LogP contribution < -0.4 is 11.1 Å². The molecule has 4 heteroatoms. The van der Waals surface area contributed by atoms with Crippen LogP contribution >= 0.6 is 0 Å². The molecular formula is C16H25N4+. The fraction of sp³-hybridized carbons (Fsp3) is 0.562. The molecule has 108 valence electrons. The molecule has 20 heavy (non-hydrogen) atoms. The highest BCUT2D eigenvalue weighted by Crippen LogP contribution is 2.56. The molecule has 1 unspecified atom stereocenters. The van der Waals surface area contributed by atoms with Crippen LogP contribution in [0.25, 0.3) is 0 Å². The van der Waals surface area contributed by atoms with Crippen molar-refractivity contribution < 1.29 is 5.41 Å². The lowest BCUT2D eigenvalue weighted by molar-refractivity contribution is -0.112. The molecule has 0 aliphatic heterocycles. The highest BCUT2D eigenvalue weighted by atomic mass is 14.8. The average Bonchev–Trinajstić information content (AvgIpc) is 2.48. The van der Waals surface area contributed by atoms with Crippen LogP contribution in [0.4, 0.5) is 0 Å². The molecule has 1 atom stereocenters. The Morgan fingerprint density at radius 2 is 1.85 bits per heavy atom. The van der Waals surface area contributed by atoms with Crippen LogP contribution in [-0.2, 0) is 0 Å². The summed E-state index contributed by atoms with van der Waals surface area (Å²) in [5.41, 5.74) is 10.7. The molecule has 4 nitrogen and oxygen atoms in total. The molecule has 1 aromatic rings. The minimum atomic E-state index is -0.0888. The lowest BCUT2D eigenvalue weighted by Crippen LogP contribution is -2.44. The van der Waals surface area contributed by atoms with Gasteiger partial charge < -0.3 is 5.73 Å². The largest absolute Gasteiger partial charge is 0.401 e. The molecule has 0 saturated carbocycles. The molecule has 0 saturated heterocycles. The Bertz CT molecular complexity index is 596. The van der Waals surface area contributed by atoms with Gasteiger partial charge in [0.25, 0.3) is 0 Å². The zero-order valence-electron chi connectivity index (χ0n) is 13.3. The van der Waals surface area contributed by atoms with Crippen LogP contribution in [0.1, 0.15) is 46.0 Å². The van der Waals surface area contributed by atoms with E-state index in [-0.39, 0.29) is 16.7 Å². The molecule has 0 bridgehead atoms. The maximum Gasteiger partial charge on any atom is 0.227 e. The molecule has 1 aromatic heterocycles. The standard InChI is InChI=1S/C16H24N4/c1-9-7-11(20-8-19-9)13(17)12-10(2)15(3,4)16(5,6)14(12)18/h7-8,10,17H,18H2,1-6H3/p+1. The molecule has 0 spiro atoms. The second-order valence-corrected chi connectivity index (χ2v) is 6.85. The van der Waals surface area contributed by atoms with Gasteiger partial charge in [-0.2, -0.15) is 0 Å². The van der Waals surface area contributed by atoms with Gasteiger partial charge in [-0.05, 0) is 24.3 Å². The van der Waals surface area contributed by atoms with Gasteiger partial charge in [-0.3, -0.25) is 5.41 Å². The smallest absolute Gasteiger partial charge is 0.227 e. The quantitative estimate of drug-likeness (QED) is 0.796. The van der Waals surface area contributed by atoms with Crippen molar-refractivity contribution in [3.8, 4) is 0 Å². The predicted molar refractivity (Wildman–Crippen MR) is 80.7 cm³/mol. The van der Waals surface area contributed by atoms with E-state index in [1.807, 2.05) is 13.0 Å². The Balaban J connectivity index is 2.53. The minimum absolute atomic E-state index is 0.0547. The van der Waals surface area contributed by atoms with Crippen molar-refractivity contribution in [2.24, 2.45) is 22.5 Å². The fourth-order valence-corrected chi connectivity index (χ4v) is 2.94. The van der Waals surface area contributed by atoms with Gasteiger partial charge >= 0.3 is 0 Å². The molecule has 4 N–H and O–H groups in total. The predicted octanol–water partition coefficient (Wildman–Crippen LogP) is 1.25. The highest BCUT2D eigenvalue weighted by molar-refractivity contribution is 6.08. The van der Waals surface area contributed by atoms with E-state index in [9.17, 15) is 0 Å². The molecule has 1 aliphatic rings. The highest BCUT2D eigenvalue weighted by Gasteiger charge is 2.53. The lowest BCUT2D eigenvalue weighted by Gasteiger charge is -2.39. The number of aromatic nitrogens is 2. The summed E-state index contributed by atoms with van der Waals surface area (Å²) in [6.45, 7) is 13.0. The summed E-state index contributed by atoms with van der Waals surface area (Å²) in [5.74, 6) is 0.285. The van der Waals surface area contributed by atoms with Crippen LogP contribution in [0.15, 0.2) is 23.7 Å². The van der Waals surface area contributed by atoms with Crippen molar-refractivity contribution in [1.29, 1.82) is 0 Å². The Hall–Kier alpha value is -1.71. The van der Waals surface area contributed by atoms with Crippen LogP contribution in [0.2, 0.25) is 0 Å². The summed E-state index contributed by atoms with van der Waals surface area (Å²) in [5, 5.41) is 6.38. The first-order valence-electron chi connectivity index (χ1n) is 7.02. The average molecular weight is 273 g/mol. The van der Waals surface area contributed by atoms with Crippen LogP contribution in [0, 0.1) is 23.7 Å². The van der Waals surface area contributed by atoms with E-state index < -0.39 is 0 Å². The first kappa shape index (κ1) is 14.7. The van der Waals surface area contributed by atoms with Crippen LogP contribution in [0.5, 0.6) is 0 Å². The van der Waals surface area contributed by atoms with Crippen molar-refractivity contribution >= 4 is 5.71 Å². The van der Waals surface area contributed by atoms with Gasteiger partial charge in [-0.25, -0.2) is 9.97 Å². The van der Waals surface area contributed by atoms with Gasteiger partial charge in [-0.1, -0.05) is 34.6 Å². The topological polar surface area (TPSA) is 77.4 Å². The molecule has 1 heterocycles. The van der Waals surface area contributed by atoms with E-state index in [0.717, 1.165) is 22.7 Å². The van der Waals surface area contributed by atoms with Gasteiger partial charge in [-0.15, -0.1) is 0 Å². The third-order valence-electron chi connectivity index (χ3n) is 5.46. The zero-order chi connectivity index (χ0) is 15.3. The second kappa shape index (κ2) is 4.40. The number of rotatable bonds is 2. The number of nitrogens with zero attached hydrogens (tertiary/aromatic N) is 2. The van der Waals surface area contributed by atoms with Gasteiger partial charge in [0.15, 0.2) is 0 Å². The lowest BCUT2D eigenvalue weighted by atomic mass is 9.65.